The van der Waals surface area contributed by atoms with E-state index in [0.29, 0.717) is 11.9 Å². The second-order valence-corrected chi connectivity index (χ2v) is 10.8. The summed E-state index contributed by atoms with van der Waals surface area (Å²) in [5.41, 5.74) is 9.08. The highest BCUT2D eigenvalue weighted by atomic mass is 16.6. The second-order valence-electron chi connectivity index (χ2n) is 10.8. The van der Waals surface area contributed by atoms with Crippen LogP contribution in [-0.2, 0) is 4.74 Å². The van der Waals surface area contributed by atoms with Crippen molar-refractivity contribution in [2.75, 3.05) is 32.0 Å². The van der Waals surface area contributed by atoms with E-state index in [4.69, 9.17) is 15.2 Å². The van der Waals surface area contributed by atoms with E-state index < -0.39 is 0 Å². The zero-order valence-electron chi connectivity index (χ0n) is 20.2. The molecule has 0 unspecified atom stereocenters. The molecule has 6 rings (SSSR count). The molecule has 7 nitrogen and oxygen atoms in total. The Hall–Kier alpha value is -2.64. The van der Waals surface area contributed by atoms with Crippen LogP contribution < -0.4 is 10.5 Å². The van der Waals surface area contributed by atoms with Gasteiger partial charge in [0.25, 0.3) is 0 Å². The third kappa shape index (κ3) is 3.95. The molecular formula is C27H35N5O2. The van der Waals surface area contributed by atoms with Gasteiger partial charge in [-0.2, -0.15) is 0 Å². The Morgan fingerprint density at radius 2 is 2.03 bits per heavy atom. The Labute approximate surface area is 201 Å². The lowest BCUT2D eigenvalue weighted by Gasteiger charge is -2.42. The number of hydrogen-bond acceptors (Lipinski definition) is 6. The minimum absolute atomic E-state index is 0.116. The lowest BCUT2D eigenvalue weighted by Crippen LogP contribution is -2.43. The van der Waals surface area contributed by atoms with Gasteiger partial charge >= 0.3 is 0 Å². The summed E-state index contributed by atoms with van der Waals surface area (Å²) in [5.74, 6) is 2.15. The predicted molar refractivity (Wildman–Crippen MR) is 134 cm³/mol. The quantitative estimate of drug-likeness (QED) is 0.551. The van der Waals surface area contributed by atoms with Crippen LogP contribution in [0.5, 0.6) is 5.75 Å². The number of likely N-dealkylation sites (tertiary alicyclic amines) is 1. The van der Waals surface area contributed by atoms with Gasteiger partial charge in [0.2, 0.25) is 0 Å². The van der Waals surface area contributed by atoms with Crippen LogP contribution in [0.25, 0.3) is 22.2 Å². The Kier molecular flexibility index (Phi) is 5.49. The lowest BCUT2D eigenvalue weighted by atomic mass is 9.79. The van der Waals surface area contributed by atoms with Gasteiger partial charge in [-0.05, 0) is 82.7 Å². The van der Waals surface area contributed by atoms with Crippen molar-refractivity contribution in [1.29, 1.82) is 0 Å². The predicted octanol–water partition coefficient (Wildman–Crippen LogP) is 4.67. The maximum Gasteiger partial charge on any atom is 0.146 e. The van der Waals surface area contributed by atoms with Crippen LogP contribution in [-0.4, -0.2) is 57.4 Å². The molecule has 0 amide bonds. The van der Waals surface area contributed by atoms with Crippen molar-refractivity contribution in [2.24, 2.45) is 5.92 Å². The second kappa shape index (κ2) is 8.54. The summed E-state index contributed by atoms with van der Waals surface area (Å²) in [6, 6.07) is 8.76. The van der Waals surface area contributed by atoms with E-state index >= 15 is 0 Å². The molecule has 1 saturated carbocycles. The first-order valence-corrected chi connectivity index (χ1v) is 12.7. The number of benzene rings is 1. The van der Waals surface area contributed by atoms with Crippen LogP contribution in [0.2, 0.25) is 0 Å². The number of anilines is 1. The number of nitrogens with two attached hydrogens (primary N) is 1. The van der Waals surface area contributed by atoms with E-state index in [9.17, 15) is 0 Å². The van der Waals surface area contributed by atoms with Crippen molar-refractivity contribution in [3.05, 3.63) is 36.8 Å². The van der Waals surface area contributed by atoms with Crippen LogP contribution in [0.3, 0.4) is 0 Å². The van der Waals surface area contributed by atoms with Gasteiger partial charge in [-0.1, -0.05) is 12.1 Å². The highest BCUT2D eigenvalue weighted by molar-refractivity contribution is 6.00. The van der Waals surface area contributed by atoms with Crippen molar-refractivity contribution >= 4 is 16.9 Å². The Bertz CT molecular complexity index is 1170. The molecule has 1 aromatic carbocycles. The van der Waals surface area contributed by atoms with Crippen LogP contribution in [0.1, 0.15) is 52.0 Å². The van der Waals surface area contributed by atoms with E-state index in [1.165, 1.54) is 38.9 Å². The van der Waals surface area contributed by atoms with Crippen molar-refractivity contribution in [3.63, 3.8) is 0 Å². The standard InChI is InChI=1S/C27H35N5O2/c1-27(2,23-8-4-11-33-23)34-21-7-3-6-19(14-21)22-16-32(26-24(22)25(28)29-17-30-26)20-12-18(13-20)15-31-9-5-10-31/h3,6-7,14,16-18,20,23H,4-5,8-13,15H2,1-2H3,(H2,28,29,30)/t18?,20?,23-/m0/s1. The molecule has 0 bridgehead atoms. The first kappa shape index (κ1) is 21.9. The number of aromatic nitrogens is 3. The van der Waals surface area contributed by atoms with Crippen LogP contribution in [0.4, 0.5) is 5.82 Å². The highest BCUT2D eigenvalue weighted by Gasteiger charge is 2.36. The maximum atomic E-state index is 6.44. The molecule has 1 atom stereocenters. The average Bonchev–Trinajstić information content (AvgIpc) is 3.41. The minimum atomic E-state index is -0.386. The van der Waals surface area contributed by atoms with Gasteiger partial charge in [0.1, 0.15) is 29.1 Å². The molecule has 2 N–H and O–H groups in total. The fourth-order valence-corrected chi connectivity index (χ4v) is 5.83. The number of nitrogen functional groups attached to an aromatic ring is 1. The SMILES string of the molecule is CC(C)(Oc1cccc(-c2cn(C3CC(CN4CCC4)C3)c3ncnc(N)c23)c1)[C@@H]1CCCO1. The molecule has 2 aliphatic heterocycles. The van der Waals surface area contributed by atoms with E-state index in [1.54, 1.807) is 6.33 Å². The number of nitrogens with zero attached hydrogens (tertiary/aromatic N) is 4. The van der Waals surface area contributed by atoms with Gasteiger partial charge < -0.3 is 24.7 Å². The summed E-state index contributed by atoms with van der Waals surface area (Å²) in [6.45, 7) is 8.81. The van der Waals surface area contributed by atoms with Gasteiger partial charge in [-0.15, -0.1) is 0 Å². The van der Waals surface area contributed by atoms with Gasteiger partial charge in [0.15, 0.2) is 0 Å². The first-order valence-electron chi connectivity index (χ1n) is 12.7. The molecule has 1 aliphatic carbocycles. The number of rotatable bonds is 7. The number of fused-ring (bicyclic) bond motifs is 1. The summed E-state index contributed by atoms with van der Waals surface area (Å²) < 4.78 is 14.7. The van der Waals surface area contributed by atoms with E-state index in [2.05, 4.69) is 51.6 Å². The van der Waals surface area contributed by atoms with E-state index in [-0.39, 0.29) is 11.7 Å². The summed E-state index contributed by atoms with van der Waals surface area (Å²) in [7, 11) is 0. The Morgan fingerprint density at radius 1 is 1.18 bits per heavy atom. The smallest absolute Gasteiger partial charge is 0.146 e. The average molecular weight is 462 g/mol. The maximum absolute atomic E-state index is 6.44. The molecule has 7 heteroatoms. The zero-order valence-corrected chi connectivity index (χ0v) is 20.2. The van der Waals surface area contributed by atoms with E-state index in [1.807, 2.05) is 12.1 Å². The van der Waals surface area contributed by atoms with Gasteiger partial charge in [0.05, 0.1) is 11.5 Å². The molecule has 0 radical (unpaired) electrons. The minimum Gasteiger partial charge on any atom is -0.485 e. The lowest BCUT2D eigenvalue weighted by molar-refractivity contribution is -0.0428. The van der Waals surface area contributed by atoms with Gasteiger partial charge in [-0.25, -0.2) is 9.97 Å². The topological polar surface area (TPSA) is 78.4 Å². The molecule has 34 heavy (non-hydrogen) atoms. The molecule has 3 fully saturated rings. The third-order valence-corrected chi connectivity index (χ3v) is 7.94. The fourth-order valence-electron chi connectivity index (χ4n) is 5.83. The van der Waals surface area contributed by atoms with Crippen LogP contribution >= 0.6 is 0 Å². The summed E-state index contributed by atoms with van der Waals surface area (Å²) in [5, 5.41) is 0.934. The molecule has 180 valence electrons. The first-order chi connectivity index (χ1) is 16.5. The van der Waals surface area contributed by atoms with Crippen LogP contribution in [0.15, 0.2) is 36.8 Å². The summed E-state index contributed by atoms with van der Waals surface area (Å²) in [4.78, 5) is 11.5. The largest absolute Gasteiger partial charge is 0.485 e. The molecule has 2 saturated heterocycles. The Morgan fingerprint density at radius 3 is 2.76 bits per heavy atom. The van der Waals surface area contributed by atoms with Crippen molar-refractivity contribution < 1.29 is 9.47 Å². The molecule has 2 aromatic heterocycles. The van der Waals surface area contributed by atoms with Crippen LogP contribution in [0, 0.1) is 5.92 Å². The molecule has 3 aromatic rings. The zero-order chi connectivity index (χ0) is 23.3. The number of hydrogen-bond donors (Lipinski definition) is 1. The number of ether oxygens (including phenoxy) is 2. The summed E-state index contributed by atoms with van der Waals surface area (Å²) in [6.07, 6.45) is 9.80. The van der Waals surface area contributed by atoms with E-state index in [0.717, 1.165) is 53.3 Å². The van der Waals surface area contributed by atoms with Gasteiger partial charge in [-0.3, -0.25) is 0 Å². The highest BCUT2D eigenvalue weighted by Crippen LogP contribution is 2.44. The van der Waals surface area contributed by atoms with Gasteiger partial charge in [0, 0.05) is 31.0 Å². The fraction of sp³-hybridized carbons (Fsp3) is 0.556. The molecule has 0 spiro atoms. The Balaban J connectivity index is 1.28. The normalized spacial score (nSPS) is 25.3. The third-order valence-electron chi connectivity index (χ3n) is 7.94. The molecule has 4 heterocycles. The van der Waals surface area contributed by atoms with Crippen molar-refractivity contribution in [1.82, 2.24) is 19.4 Å². The van der Waals surface area contributed by atoms with Crippen molar-refractivity contribution in [2.45, 2.75) is 63.7 Å². The summed E-state index contributed by atoms with van der Waals surface area (Å²) >= 11 is 0. The van der Waals surface area contributed by atoms with Crippen molar-refractivity contribution in [3.8, 4) is 16.9 Å². The molecular weight excluding hydrogens is 426 g/mol. The monoisotopic (exact) mass is 461 g/mol. The molecule has 3 aliphatic rings.